The normalized spacial score (nSPS) is 16.4. The maximum atomic E-state index is 11.4. The Hall–Kier alpha value is -1.10. The van der Waals surface area contributed by atoms with Crippen molar-refractivity contribution in [3.63, 3.8) is 0 Å². The molecule has 1 fully saturated rings. The monoisotopic (exact) mass is 241 g/mol. The number of hydrogen-bond donors (Lipinski definition) is 3. The third-order valence-electron chi connectivity index (χ3n) is 2.96. The molecule has 1 atom stereocenters. The summed E-state index contributed by atoms with van der Waals surface area (Å²) in [6.45, 7) is 3.68. The van der Waals surface area contributed by atoms with Gasteiger partial charge in [-0.15, -0.1) is 0 Å². The van der Waals surface area contributed by atoms with Crippen LogP contribution in [0.25, 0.3) is 0 Å². The molecule has 0 radical (unpaired) electrons. The summed E-state index contributed by atoms with van der Waals surface area (Å²) < 4.78 is 0. The van der Waals surface area contributed by atoms with Gasteiger partial charge in [0.25, 0.3) is 0 Å². The molecule has 1 saturated carbocycles. The first kappa shape index (κ1) is 14.0. The summed E-state index contributed by atoms with van der Waals surface area (Å²) in [5, 5.41) is 5.58. The fourth-order valence-corrected chi connectivity index (χ4v) is 1.46. The lowest BCUT2D eigenvalue weighted by atomic mass is 10.1. The number of nitrogens with one attached hydrogen (secondary N) is 2. The Labute approximate surface area is 103 Å². The Balaban J connectivity index is 1.94. The summed E-state index contributed by atoms with van der Waals surface area (Å²) in [4.78, 5) is 22.7. The van der Waals surface area contributed by atoms with Crippen molar-refractivity contribution in [1.29, 1.82) is 0 Å². The van der Waals surface area contributed by atoms with Crippen molar-refractivity contribution in [2.24, 2.45) is 17.6 Å². The van der Waals surface area contributed by atoms with Crippen LogP contribution in [-0.4, -0.2) is 31.4 Å². The quantitative estimate of drug-likeness (QED) is 0.523. The first-order chi connectivity index (χ1) is 8.13. The van der Waals surface area contributed by atoms with Crippen LogP contribution in [0.2, 0.25) is 0 Å². The molecule has 0 saturated heterocycles. The number of carbonyl (C=O) groups excluding carboxylic acids is 2. The van der Waals surface area contributed by atoms with E-state index in [9.17, 15) is 9.59 Å². The van der Waals surface area contributed by atoms with E-state index in [2.05, 4.69) is 10.6 Å². The molecule has 0 aromatic heterocycles. The van der Waals surface area contributed by atoms with Crippen LogP contribution in [0.5, 0.6) is 0 Å². The van der Waals surface area contributed by atoms with Gasteiger partial charge < -0.3 is 16.4 Å². The average Bonchev–Trinajstić information content (AvgIpc) is 3.15. The third-order valence-corrected chi connectivity index (χ3v) is 2.96. The Morgan fingerprint density at radius 3 is 2.53 bits per heavy atom. The zero-order chi connectivity index (χ0) is 12.7. The first-order valence-electron chi connectivity index (χ1n) is 6.38. The molecule has 0 spiro atoms. The minimum atomic E-state index is 0.0333. The van der Waals surface area contributed by atoms with Crippen molar-refractivity contribution in [2.75, 3.05) is 19.6 Å². The predicted molar refractivity (Wildman–Crippen MR) is 66.2 cm³/mol. The van der Waals surface area contributed by atoms with Gasteiger partial charge in [-0.25, -0.2) is 0 Å². The van der Waals surface area contributed by atoms with E-state index in [1.54, 1.807) is 0 Å². The van der Waals surface area contributed by atoms with Crippen molar-refractivity contribution >= 4 is 11.8 Å². The number of amides is 2. The van der Waals surface area contributed by atoms with Crippen molar-refractivity contribution in [3.8, 4) is 0 Å². The predicted octanol–water partition coefficient (Wildman–Crippen LogP) is 0.00380. The molecular formula is C12H23N3O2. The van der Waals surface area contributed by atoms with Gasteiger partial charge in [0, 0.05) is 25.4 Å². The molecule has 0 aliphatic heterocycles. The topological polar surface area (TPSA) is 84.2 Å². The SMILES string of the molecule is CC(CN)CCC(=O)NCCNC(=O)C1CC1. The van der Waals surface area contributed by atoms with E-state index >= 15 is 0 Å². The van der Waals surface area contributed by atoms with E-state index < -0.39 is 0 Å². The highest BCUT2D eigenvalue weighted by molar-refractivity contribution is 5.81. The lowest BCUT2D eigenvalue weighted by Gasteiger charge is -2.09. The molecule has 4 N–H and O–H groups in total. The van der Waals surface area contributed by atoms with E-state index in [1.165, 1.54) is 0 Å². The van der Waals surface area contributed by atoms with Crippen LogP contribution in [-0.2, 0) is 9.59 Å². The molecule has 0 bridgehead atoms. The van der Waals surface area contributed by atoms with Crippen LogP contribution in [0, 0.1) is 11.8 Å². The molecule has 5 heteroatoms. The molecule has 1 rings (SSSR count). The molecule has 0 aromatic rings. The molecule has 0 aromatic carbocycles. The Kier molecular flexibility index (Phi) is 5.97. The minimum Gasteiger partial charge on any atom is -0.354 e. The van der Waals surface area contributed by atoms with Crippen molar-refractivity contribution in [2.45, 2.75) is 32.6 Å². The van der Waals surface area contributed by atoms with Crippen molar-refractivity contribution < 1.29 is 9.59 Å². The maximum absolute atomic E-state index is 11.4. The molecule has 2 amide bonds. The van der Waals surface area contributed by atoms with E-state index in [0.717, 1.165) is 19.3 Å². The Morgan fingerprint density at radius 2 is 1.94 bits per heavy atom. The molecular weight excluding hydrogens is 218 g/mol. The van der Waals surface area contributed by atoms with Gasteiger partial charge in [-0.05, 0) is 31.7 Å². The summed E-state index contributed by atoms with van der Waals surface area (Å²) in [5.41, 5.74) is 5.47. The molecule has 98 valence electrons. The standard InChI is InChI=1S/C12H23N3O2/c1-9(8-13)2-5-11(16)14-6-7-15-12(17)10-3-4-10/h9-10H,2-8,13H2,1H3,(H,14,16)(H,15,17). The van der Waals surface area contributed by atoms with E-state index in [1.807, 2.05) is 6.92 Å². The molecule has 0 heterocycles. The van der Waals surface area contributed by atoms with Gasteiger partial charge in [0.05, 0.1) is 0 Å². The summed E-state index contributed by atoms with van der Waals surface area (Å²) >= 11 is 0. The first-order valence-corrected chi connectivity index (χ1v) is 6.38. The molecule has 1 aliphatic carbocycles. The summed E-state index contributed by atoms with van der Waals surface area (Å²) in [7, 11) is 0. The maximum Gasteiger partial charge on any atom is 0.223 e. The van der Waals surface area contributed by atoms with E-state index in [0.29, 0.717) is 32.0 Å². The lowest BCUT2D eigenvalue weighted by Crippen LogP contribution is -2.35. The zero-order valence-electron chi connectivity index (χ0n) is 10.5. The van der Waals surface area contributed by atoms with Crippen molar-refractivity contribution in [1.82, 2.24) is 10.6 Å². The van der Waals surface area contributed by atoms with Gasteiger partial charge in [0.15, 0.2) is 0 Å². The molecule has 17 heavy (non-hydrogen) atoms. The Bertz CT molecular complexity index is 264. The highest BCUT2D eigenvalue weighted by Crippen LogP contribution is 2.28. The van der Waals surface area contributed by atoms with Gasteiger partial charge >= 0.3 is 0 Å². The minimum absolute atomic E-state index is 0.0333. The van der Waals surface area contributed by atoms with Crippen LogP contribution in [0.15, 0.2) is 0 Å². The number of rotatable bonds is 8. The van der Waals surface area contributed by atoms with Gasteiger partial charge in [-0.2, -0.15) is 0 Å². The second kappa shape index (κ2) is 7.27. The summed E-state index contributed by atoms with van der Waals surface area (Å²) in [5.74, 6) is 0.772. The number of nitrogens with two attached hydrogens (primary N) is 1. The van der Waals surface area contributed by atoms with Gasteiger partial charge in [-0.3, -0.25) is 9.59 Å². The largest absolute Gasteiger partial charge is 0.354 e. The fourth-order valence-electron chi connectivity index (χ4n) is 1.46. The van der Waals surface area contributed by atoms with Gasteiger partial charge in [0.2, 0.25) is 11.8 Å². The van der Waals surface area contributed by atoms with Crippen LogP contribution >= 0.6 is 0 Å². The molecule has 5 nitrogen and oxygen atoms in total. The van der Waals surface area contributed by atoms with Crippen LogP contribution in [0.1, 0.15) is 32.6 Å². The fraction of sp³-hybridized carbons (Fsp3) is 0.833. The average molecular weight is 241 g/mol. The molecule has 1 aliphatic rings. The zero-order valence-corrected chi connectivity index (χ0v) is 10.5. The second-order valence-corrected chi connectivity index (χ2v) is 4.79. The van der Waals surface area contributed by atoms with E-state index in [-0.39, 0.29) is 17.7 Å². The Morgan fingerprint density at radius 1 is 1.29 bits per heavy atom. The van der Waals surface area contributed by atoms with Gasteiger partial charge in [-0.1, -0.05) is 6.92 Å². The summed E-state index contributed by atoms with van der Waals surface area (Å²) in [6, 6.07) is 0. The number of carbonyl (C=O) groups is 2. The number of hydrogen-bond acceptors (Lipinski definition) is 3. The van der Waals surface area contributed by atoms with Crippen LogP contribution in [0.4, 0.5) is 0 Å². The van der Waals surface area contributed by atoms with Crippen molar-refractivity contribution in [3.05, 3.63) is 0 Å². The highest BCUT2D eigenvalue weighted by atomic mass is 16.2. The smallest absolute Gasteiger partial charge is 0.223 e. The van der Waals surface area contributed by atoms with Crippen LogP contribution in [0.3, 0.4) is 0 Å². The second-order valence-electron chi connectivity index (χ2n) is 4.79. The lowest BCUT2D eigenvalue weighted by molar-refractivity contribution is -0.123. The summed E-state index contributed by atoms with van der Waals surface area (Å²) in [6.07, 6.45) is 3.34. The van der Waals surface area contributed by atoms with Crippen LogP contribution < -0.4 is 16.4 Å². The third kappa shape index (κ3) is 6.26. The van der Waals surface area contributed by atoms with Gasteiger partial charge in [0.1, 0.15) is 0 Å². The van der Waals surface area contributed by atoms with E-state index in [4.69, 9.17) is 5.73 Å². The highest BCUT2D eigenvalue weighted by Gasteiger charge is 2.28. The molecule has 1 unspecified atom stereocenters.